The van der Waals surface area contributed by atoms with E-state index in [1.165, 1.54) is 12.1 Å². The number of amides is 1. The topological polar surface area (TPSA) is 47.4 Å². The summed E-state index contributed by atoms with van der Waals surface area (Å²) in [5.74, 6) is -0.578. The largest absolute Gasteiger partial charge is 0.370 e. The minimum absolute atomic E-state index is 0.0179. The molecule has 1 aliphatic rings. The van der Waals surface area contributed by atoms with E-state index in [-0.39, 0.29) is 17.4 Å². The molecule has 2 heterocycles. The zero-order chi connectivity index (χ0) is 20.4. The van der Waals surface area contributed by atoms with Crippen molar-refractivity contribution in [1.29, 1.82) is 0 Å². The molecule has 0 aliphatic carbocycles. The zero-order valence-electron chi connectivity index (χ0n) is 15.4. The Labute approximate surface area is 177 Å². The van der Waals surface area contributed by atoms with Crippen molar-refractivity contribution in [2.75, 3.05) is 19.7 Å². The molecule has 1 saturated heterocycles. The van der Waals surface area contributed by atoms with Crippen molar-refractivity contribution in [3.8, 4) is 5.69 Å². The first-order valence-corrected chi connectivity index (χ1v) is 9.89. The van der Waals surface area contributed by atoms with Crippen LogP contribution in [0.3, 0.4) is 0 Å². The fourth-order valence-corrected chi connectivity index (χ4v) is 3.83. The molecule has 150 valence electrons. The van der Waals surface area contributed by atoms with Crippen LogP contribution in [0.25, 0.3) is 5.69 Å². The molecule has 29 heavy (non-hydrogen) atoms. The summed E-state index contributed by atoms with van der Waals surface area (Å²) in [6.45, 7) is 1.15. The van der Waals surface area contributed by atoms with Gasteiger partial charge in [-0.3, -0.25) is 4.79 Å². The number of aromatic nitrogens is 2. The number of nitrogens with zero attached hydrogens (tertiary/aromatic N) is 3. The summed E-state index contributed by atoms with van der Waals surface area (Å²) in [6.07, 6.45) is 3.35. The lowest BCUT2D eigenvalue weighted by molar-refractivity contribution is -0.138. The van der Waals surface area contributed by atoms with Crippen LogP contribution < -0.4 is 0 Å². The van der Waals surface area contributed by atoms with Crippen LogP contribution in [0.4, 0.5) is 4.39 Å². The predicted octanol–water partition coefficient (Wildman–Crippen LogP) is 4.46. The van der Waals surface area contributed by atoms with Gasteiger partial charge in [-0.25, -0.2) is 9.07 Å². The summed E-state index contributed by atoms with van der Waals surface area (Å²) in [7, 11) is 0. The van der Waals surface area contributed by atoms with Crippen LogP contribution in [0.15, 0.2) is 54.9 Å². The molecule has 1 atom stereocenters. The second-order valence-electron chi connectivity index (χ2n) is 6.78. The van der Waals surface area contributed by atoms with Gasteiger partial charge in [0.1, 0.15) is 11.9 Å². The minimum atomic E-state index is -0.560. The summed E-state index contributed by atoms with van der Waals surface area (Å²) < 4.78 is 21.3. The molecule has 1 aromatic heterocycles. The highest BCUT2D eigenvalue weighted by Gasteiger charge is 2.27. The van der Waals surface area contributed by atoms with Gasteiger partial charge in [0.15, 0.2) is 0 Å². The lowest BCUT2D eigenvalue weighted by Crippen LogP contribution is -2.43. The summed E-state index contributed by atoms with van der Waals surface area (Å²) >= 11 is 12.0. The van der Waals surface area contributed by atoms with Crippen molar-refractivity contribution < 1.29 is 13.9 Å². The molecule has 3 aromatic rings. The fourth-order valence-electron chi connectivity index (χ4n) is 3.32. The van der Waals surface area contributed by atoms with Crippen LogP contribution >= 0.6 is 23.2 Å². The van der Waals surface area contributed by atoms with Crippen LogP contribution in [0.2, 0.25) is 10.0 Å². The first-order chi connectivity index (χ1) is 14.0. The molecule has 1 amide bonds. The van der Waals surface area contributed by atoms with E-state index in [0.29, 0.717) is 30.3 Å². The van der Waals surface area contributed by atoms with E-state index in [0.717, 1.165) is 11.3 Å². The number of ether oxygens (including phenoxy) is 1. The van der Waals surface area contributed by atoms with Crippen molar-refractivity contribution in [1.82, 2.24) is 14.7 Å². The molecule has 0 spiro atoms. The van der Waals surface area contributed by atoms with Crippen LogP contribution in [-0.2, 0) is 16.0 Å². The highest BCUT2D eigenvalue weighted by Crippen LogP contribution is 2.32. The lowest BCUT2D eigenvalue weighted by Gasteiger charge is -2.33. The van der Waals surface area contributed by atoms with Crippen LogP contribution in [0.1, 0.15) is 17.2 Å². The number of halogens is 3. The number of carbonyl (C=O) groups excluding carboxylic acids is 1. The van der Waals surface area contributed by atoms with Crippen LogP contribution in [0.5, 0.6) is 0 Å². The van der Waals surface area contributed by atoms with Crippen LogP contribution in [-0.4, -0.2) is 40.3 Å². The Balaban J connectivity index is 1.43. The number of hydrogen-bond donors (Lipinski definition) is 0. The molecular formula is C21H18Cl2FN3O2. The number of rotatable bonds is 4. The molecule has 5 nitrogen and oxygen atoms in total. The van der Waals surface area contributed by atoms with E-state index in [4.69, 9.17) is 27.9 Å². The van der Waals surface area contributed by atoms with Gasteiger partial charge in [0.2, 0.25) is 5.91 Å². The first-order valence-electron chi connectivity index (χ1n) is 9.14. The Morgan fingerprint density at radius 3 is 2.72 bits per heavy atom. The predicted molar refractivity (Wildman–Crippen MR) is 109 cm³/mol. The molecule has 1 aliphatic heterocycles. The van der Waals surface area contributed by atoms with Crippen LogP contribution in [0, 0.1) is 5.82 Å². The van der Waals surface area contributed by atoms with E-state index in [1.54, 1.807) is 15.8 Å². The van der Waals surface area contributed by atoms with Gasteiger partial charge in [-0.2, -0.15) is 5.10 Å². The standard InChI is InChI=1S/C21H18Cl2FN3O2/c22-17-12-18(23)19(24)11-16(17)20-13-26(8-9-29-20)21(28)10-14-2-4-15(5-3-14)27-7-1-6-25-27/h1-7,11-12,20H,8-10,13H2. The van der Waals surface area contributed by atoms with Gasteiger partial charge in [0.25, 0.3) is 0 Å². The molecule has 0 bridgehead atoms. The van der Waals surface area contributed by atoms with Gasteiger partial charge in [-0.05, 0) is 35.9 Å². The quantitative estimate of drug-likeness (QED) is 0.570. The number of hydrogen-bond acceptors (Lipinski definition) is 3. The Bertz CT molecular complexity index is 1010. The molecule has 2 aromatic carbocycles. The monoisotopic (exact) mass is 433 g/mol. The average Bonchev–Trinajstić information content (AvgIpc) is 3.26. The molecule has 8 heteroatoms. The van der Waals surface area contributed by atoms with E-state index >= 15 is 0 Å². The Morgan fingerprint density at radius 2 is 2.00 bits per heavy atom. The maximum atomic E-state index is 13.9. The number of benzene rings is 2. The molecule has 0 N–H and O–H groups in total. The Morgan fingerprint density at radius 1 is 1.21 bits per heavy atom. The first kappa shape index (κ1) is 19.9. The summed E-state index contributed by atoms with van der Waals surface area (Å²) in [5.41, 5.74) is 2.33. The lowest BCUT2D eigenvalue weighted by atomic mass is 10.1. The van der Waals surface area contributed by atoms with Gasteiger partial charge in [0.05, 0.1) is 30.3 Å². The molecule has 1 fully saturated rings. The van der Waals surface area contributed by atoms with Gasteiger partial charge in [-0.1, -0.05) is 35.3 Å². The molecule has 1 unspecified atom stereocenters. The Hall–Kier alpha value is -2.41. The second kappa shape index (κ2) is 8.53. The molecule has 0 radical (unpaired) electrons. The third-order valence-corrected chi connectivity index (χ3v) is 5.48. The zero-order valence-corrected chi connectivity index (χ0v) is 16.9. The minimum Gasteiger partial charge on any atom is -0.370 e. The highest BCUT2D eigenvalue weighted by atomic mass is 35.5. The summed E-state index contributed by atoms with van der Waals surface area (Å²) in [6, 6.07) is 12.2. The summed E-state index contributed by atoms with van der Waals surface area (Å²) in [4.78, 5) is 14.5. The molecule has 0 saturated carbocycles. The van der Waals surface area contributed by atoms with Gasteiger partial charge < -0.3 is 9.64 Å². The normalized spacial score (nSPS) is 16.8. The fraction of sp³-hybridized carbons (Fsp3) is 0.238. The number of morpholine rings is 1. The van der Waals surface area contributed by atoms with Gasteiger partial charge in [0, 0.05) is 29.5 Å². The van der Waals surface area contributed by atoms with Gasteiger partial charge in [-0.15, -0.1) is 0 Å². The SMILES string of the molecule is O=C(Cc1ccc(-n2cccn2)cc1)N1CCOC(c2cc(F)c(Cl)cc2Cl)C1. The van der Waals surface area contributed by atoms with E-state index in [2.05, 4.69) is 5.10 Å². The maximum Gasteiger partial charge on any atom is 0.227 e. The molecule has 4 rings (SSSR count). The van der Waals surface area contributed by atoms with Crippen molar-refractivity contribution in [3.05, 3.63) is 81.8 Å². The van der Waals surface area contributed by atoms with Crippen molar-refractivity contribution >= 4 is 29.1 Å². The van der Waals surface area contributed by atoms with Gasteiger partial charge >= 0.3 is 0 Å². The third-order valence-electron chi connectivity index (χ3n) is 4.87. The third kappa shape index (κ3) is 4.45. The van der Waals surface area contributed by atoms with E-state index in [1.807, 2.05) is 36.5 Å². The highest BCUT2D eigenvalue weighted by molar-refractivity contribution is 6.35. The van der Waals surface area contributed by atoms with Crippen molar-refractivity contribution in [2.24, 2.45) is 0 Å². The smallest absolute Gasteiger partial charge is 0.227 e. The summed E-state index contributed by atoms with van der Waals surface area (Å²) in [5, 5.41) is 4.47. The van der Waals surface area contributed by atoms with Crippen molar-refractivity contribution in [3.63, 3.8) is 0 Å². The number of carbonyl (C=O) groups is 1. The van der Waals surface area contributed by atoms with E-state index < -0.39 is 11.9 Å². The Kier molecular flexibility index (Phi) is 5.85. The second-order valence-corrected chi connectivity index (χ2v) is 7.60. The molecular weight excluding hydrogens is 416 g/mol. The van der Waals surface area contributed by atoms with E-state index in [9.17, 15) is 9.18 Å². The maximum absolute atomic E-state index is 13.9. The average molecular weight is 434 g/mol. The van der Waals surface area contributed by atoms with Crippen molar-refractivity contribution in [2.45, 2.75) is 12.5 Å².